The molecule has 0 unspecified atom stereocenters. The van der Waals surface area contributed by atoms with Crippen LogP contribution in [-0.4, -0.2) is 29.5 Å². The Hall–Kier alpha value is -1.20. The average Bonchev–Trinajstić information content (AvgIpc) is 2.46. The van der Waals surface area contributed by atoms with Crippen molar-refractivity contribution in [3.8, 4) is 0 Å². The molecule has 4 nitrogen and oxygen atoms in total. The minimum atomic E-state index is 0.152. The fourth-order valence-electron chi connectivity index (χ4n) is 1.89. The average molecular weight is 266 g/mol. The van der Waals surface area contributed by atoms with Crippen molar-refractivity contribution < 1.29 is 9.94 Å². The van der Waals surface area contributed by atoms with Crippen LogP contribution in [0.25, 0.3) is 0 Å². The summed E-state index contributed by atoms with van der Waals surface area (Å²) in [5, 5.41) is 12.3. The van der Waals surface area contributed by atoms with Gasteiger partial charge in [-0.15, -0.1) is 0 Å². The first-order chi connectivity index (χ1) is 8.79. The molecule has 18 heavy (non-hydrogen) atoms. The third-order valence-electron chi connectivity index (χ3n) is 3.01. The van der Waals surface area contributed by atoms with Crippen molar-refractivity contribution >= 4 is 17.6 Å². The smallest absolute Gasteiger partial charge is 0.170 e. The van der Waals surface area contributed by atoms with Crippen LogP contribution >= 0.6 is 11.8 Å². The normalized spacial score (nSPS) is 17.9. The predicted molar refractivity (Wildman–Crippen MR) is 74.1 cm³/mol. The van der Waals surface area contributed by atoms with Crippen molar-refractivity contribution in [2.45, 2.75) is 23.8 Å². The summed E-state index contributed by atoms with van der Waals surface area (Å²) >= 11 is 1.98. The monoisotopic (exact) mass is 266 g/mol. The molecule has 0 spiro atoms. The van der Waals surface area contributed by atoms with Crippen molar-refractivity contribution in [1.29, 1.82) is 0 Å². The fourth-order valence-corrected chi connectivity index (χ4v) is 3.03. The Labute approximate surface area is 111 Å². The van der Waals surface area contributed by atoms with E-state index in [4.69, 9.17) is 15.7 Å². The van der Waals surface area contributed by atoms with E-state index >= 15 is 0 Å². The number of ether oxygens (including phenoxy) is 1. The topological polar surface area (TPSA) is 67.8 Å². The lowest BCUT2D eigenvalue weighted by molar-refractivity contribution is 0.1000. The second kappa shape index (κ2) is 6.66. The van der Waals surface area contributed by atoms with Gasteiger partial charge in [-0.2, -0.15) is 11.8 Å². The van der Waals surface area contributed by atoms with E-state index in [0.717, 1.165) is 37.4 Å². The molecule has 1 aliphatic rings. The Bertz CT molecular complexity index is 400. The van der Waals surface area contributed by atoms with E-state index in [1.807, 2.05) is 36.0 Å². The van der Waals surface area contributed by atoms with Crippen LogP contribution in [0.5, 0.6) is 0 Å². The number of rotatable bonds is 4. The summed E-state index contributed by atoms with van der Waals surface area (Å²) in [5.74, 6) is 1.15. The van der Waals surface area contributed by atoms with Gasteiger partial charge >= 0.3 is 0 Å². The van der Waals surface area contributed by atoms with Gasteiger partial charge in [0.15, 0.2) is 5.84 Å². The van der Waals surface area contributed by atoms with Gasteiger partial charge in [0, 0.05) is 29.8 Å². The summed E-state index contributed by atoms with van der Waals surface area (Å²) in [4.78, 5) is 0. The molecule has 0 atom stereocenters. The maximum Gasteiger partial charge on any atom is 0.170 e. The zero-order valence-electron chi connectivity index (χ0n) is 10.2. The lowest BCUT2D eigenvalue weighted by Gasteiger charge is -2.21. The van der Waals surface area contributed by atoms with E-state index in [1.165, 1.54) is 5.56 Å². The molecule has 0 aromatic heterocycles. The summed E-state index contributed by atoms with van der Waals surface area (Å²) in [6, 6.07) is 7.82. The standard InChI is InChI=1S/C13H18N2O2S/c14-13(15-16)11-3-1-10(2-4-11)9-18-12-5-7-17-8-6-12/h1-4,12,16H,5-9H2,(H2,14,15). The highest BCUT2D eigenvalue weighted by molar-refractivity contribution is 7.99. The lowest BCUT2D eigenvalue weighted by Crippen LogP contribution is -2.17. The van der Waals surface area contributed by atoms with Gasteiger partial charge in [-0.3, -0.25) is 0 Å². The van der Waals surface area contributed by atoms with E-state index < -0.39 is 0 Å². The number of benzene rings is 1. The van der Waals surface area contributed by atoms with Crippen LogP contribution in [0.3, 0.4) is 0 Å². The molecule has 2 rings (SSSR count). The molecule has 98 valence electrons. The van der Waals surface area contributed by atoms with E-state index in [9.17, 15) is 0 Å². The third-order valence-corrected chi connectivity index (χ3v) is 4.45. The minimum absolute atomic E-state index is 0.152. The molecule has 5 heteroatoms. The molecule has 0 saturated carbocycles. The highest BCUT2D eigenvalue weighted by Gasteiger charge is 2.13. The van der Waals surface area contributed by atoms with Crippen LogP contribution in [0.15, 0.2) is 29.4 Å². The van der Waals surface area contributed by atoms with Crippen molar-refractivity contribution in [2.75, 3.05) is 13.2 Å². The first-order valence-corrected chi connectivity index (χ1v) is 7.10. The molecule has 3 N–H and O–H groups in total. The molecule has 0 bridgehead atoms. The predicted octanol–water partition coefficient (Wildman–Crippen LogP) is 2.19. The van der Waals surface area contributed by atoms with Gasteiger partial charge in [0.2, 0.25) is 0 Å². The van der Waals surface area contributed by atoms with E-state index in [1.54, 1.807) is 0 Å². The van der Waals surface area contributed by atoms with Gasteiger partial charge in [0.05, 0.1) is 0 Å². The van der Waals surface area contributed by atoms with Gasteiger partial charge in [0.25, 0.3) is 0 Å². The number of hydrogen-bond donors (Lipinski definition) is 2. The summed E-state index contributed by atoms with van der Waals surface area (Å²) < 4.78 is 5.34. The summed E-state index contributed by atoms with van der Waals surface area (Å²) in [6.07, 6.45) is 2.29. The van der Waals surface area contributed by atoms with Crippen LogP contribution in [0.2, 0.25) is 0 Å². The number of thioether (sulfide) groups is 1. The summed E-state index contributed by atoms with van der Waals surface area (Å²) in [5.41, 5.74) is 7.53. The Morgan fingerprint density at radius 1 is 1.33 bits per heavy atom. The molecule has 1 aromatic rings. The van der Waals surface area contributed by atoms with Gasteiger partial charge in [0.1, 0.15) is 0 Å². The van der Waals surface area contributed by atoms with Crippen LogP contribution in [0.4, 0.5) is 0 Å². The molecule has 1 fully saturated rings. The highest BCUT2D eigenvalue weighted by Crippen LogP contribution is 2.25. The van der Waals surface area contributed by atoms with E-state index in [-0.39, 0.29) is 5.84 Å². The van der Waals surface area contributed by atoms with Crippen LogP contribution in [0, 0.1) is 0 Å². The van der Waals surface area contributed by atoms with Crippen molar-refractivity contribution in [2.24, 2.45) is 10.9 Å². The molecule has 0 amide bonds. The summed E-state index contributed by atoms with van der Waals surface area (Å²) in [6.45, 7) is 1.78. The molecule has 1 aromatic carbocycles. The molecule has 1 heterocycles. The van der Waals surface area contributed by atoms with Crippen molar-refractivity contribution in [3.63, 3.8) is 0 Å². The van der Waals surface area contributed by atoms with Gasteiger partial charge in [-0.25, -0.2) is 0 Å². The summed E-state index contributed by atoms with van der Waals surface area (Å²) in [7, 11) is 0. The molecule has 1 saturated heterocycles. The maximum absolute atomic E-state index is 8.58. The van der Waals surface area contributed by atoms with Crippen molar-refractivity contribution in [1.82, 2.24) is 0 Å². The fraction of sp³-hybridized carbons (Fsp3) is 0.462. The second-order valence-electron chi connectivity index (χ2n) is 4.30. The highest BCUT2D eigenvalue weighted by atomic mass is 32.2. The van der Waals surface area contributed by atoms with Gasteiger partial charge < -0.3 is 15.7 Å². The van der Waals surface area contributed by atoms with Crippen LogP contribution < -0.4 is 5.73 Å². The molecular formula is C13H18N2O2S. The number of hydrogen-bond acceptors (Lipinski definition) is 4. The van der Waals surface area contributed by atoms with Gasteiger partial charge in [-0.1, -0.05) is 29.4 Å². The Morgan fingerprint density at radius 2 is 2.00 bits per heavy atom. The van der Waals surface area contributed by atoms with Crippen LogP contribution in [0.1, 0.15) is 24.0 Å². The Kier molecular flexibility index (Phi) is 4.90. The molecule has 1 aliphatic heterocycles. The number of amidine groups is 1. The first kappa shape index (κ1) is 13.2. The lowest BCUT2D eigenvalue weighted by atomic mass is 10.1. The molecule has 0 aliphatic carbocycles. The van der Waals surface area contributed by atoms with Crippen molar-refractivity contribution in [3.05, 3.63) is 35.4 Å². The zero-order valence-corrected chi connectivity index (χ0v) is 11.0. The van der Waals surface area contributed by atoms with Crippen LogP contribution in [-0.2, 0) is 10.5 Å². The van der Waals surface area contributed by atoms with E-state index in [2.05, 4.69) is 5.16 Å². The minimum Gasteiger partial charge on any atom is -0.409 e. The quantitative estimate of drug-likeness (QED) is 0.379. The number of nitrogens with zero attached hydrogens (tertiary/aromatic N) is 1. The maximum atomic E-state index is 8.58. The molecular weight excluding hydrogens is 248 g/mol. The Morgan fingerprint density at radius 3 is 2.61 bits per heavy atom. The van der Waals surface area contributed by atoms with E-state index in [0.29, 0.717) is 5.25 Å². The Balaban J connectivity index is 1.86. The SMILES string of the molecule is N/C(=N/O)c1ccc(CSC2CCOCC2)cc1. The largest absolute Gasteiger partial charge is 0.409 e. The second-order valence-corrected chi connectivity index (χ2v) is 5.59. The zero-order chi connectivity index (χ0) is 12.8. The number of nitrogens with two attached hydrogens (primary N) is 1. The van der Waals surface area contributed by atoms with Gasteiger partial charge in [-0.05, 0) is 18.4 Å². The first-order valence-electron chi connectivity index (χ1n) is 6.06. The molecule has 0 radical (unpaired) electrons. The third kappa shape index (κ3) is 3.65. The number of oxime groups is 1.